The maximum absolute atomic E-state index is 12.4. The van der Waals surface area contributed by atoms with E-state index in [-0.39, 0.29) is 17.3 Å². The molecule has 21 heavy (non-hydrogen) atoms. The highest BCUT2D eigenvalue weighted by Gasteiger charge is 2.26. The van der Waals surface area contributed by atoms with Crippen LogP contribution in [0.3, 0.4) is 0 Å². The zero-order valence-electron chi connectivity index (χ0n) is 11.7. The maximum atomic E-state index is 12.4. The largest absolute Gasteiger partial charge is 0.378 e. The monoisotopic (exact) mass is 376 g/mol. The molecule has 116 valence electrons. The van der Waals surface area contributed by atoms with Crippen LogP contribution in [0.25, 0.3) is 0 Å². The maximum Gasteiger partial charge on any atom is 0.243 e. The van der Waals surface area contributed by atoms with E-state index in [0.29, 0.717) is 30.8 Å². The predicted octanol–water partition coefficient (Wildman–Crippen LogP) is 0.928. The summed E-state index contributed by atoms with van der Waals surface area (Å²) in [4.78, 5) is 13.9. The van der Waals surface area contributed by atoms with Gasteiger partial charge in [-0.05, 0) is 18.2 Å². The van der Waals surface area contributed by atoms with Crippen molar-refractivity contribution in [3.63, 3.8) is 0 Å². The van der Waals surface area contributed by atoms with E-state index in [1.807, 2.05) is 0 Å². The summed E-state index contributed by atoms with van der Waals surface area (Å²) in [6.07, 6.45) is 0. The third-order valence-corrected chi connectivity index (χ3v) is 5.52. The highest BCUT2D eigenvalue weighted by Crippen LogP contribution is 2.19. The van der Waals surface area contributed by atoms with Gasteiger partial charge >= 0.3 is 0 Å². The molecule has 0 atom stereocenters. The highest BCUT2D eigenvalue weighted by molar-refractivity contribution is 9.10. The lowest BCUT2D eigenvalue weighted by Gasteiger charge is -2.28. The van der Waals surface area contributed by atoms with Gasteiger partial charge in [0.2, 0.25) is 15.9 Å². The van der Waals surface area contributed by atoms with Gasteiger partial charge in [-0.15, -0.1) is 0 Å². The first-order valence-electron chi connectivity index (χ1n) is 6.48. The average Bonchev–Trinajstić information content (AvgIpc) is 2.48. The lowest BCUT2D eigenvalue weighted by atomic mass is 10.4. The zero-order valence-corrected chi connectivity index (χ0v) is 14.1. The quantitative estimate of drug-likeness (QED) is 0.783. The van der Waals surface area contributed by atoms with Gasteiger partial charge in [0.25, 0.3) is 0 Å². The number of hydrogen-bond acceptors (Lipinski definition) is 4. The van der Waals surface area contributed by atoms with Crippen LogP contribution in [0, 0.1) is 0 Å². The van der Waals surface area contributed by atoms with Gasteiger partial charge < -0.3 is 9.64 Å². The van der Waals surface area contributed by atoms with Gasteiger partial charge in [-0.25, -0.2) is 8.42 Å². The van der Waals surface area contributed by atoms with E-state index < -0.39 is 10.0 Å². The SMILES string of the molecule is CN(CC(=O)N1CCOCC1)S(=O)(=O)c1cccc(Br)c1. The molecule has 0 saturated carbocycles. The normalized spacial score (nSPS) is 16.2. The van der Waals surface area contributed by atoms with Crippen LogP contribution >= 0.6 is 15.9 Å². The van der Waals surface area contributed by atoms with Gasteiger partial charge in [0.1, 0.15) is 0 Å². The summed E-state index contributed by atoms with van der Waals surface area (Å²) >= 11 is 3.25. The van der Waals surface area contributed by atoms with Crippen LogP contribution < -0.4 is 0 Å². The molecule has 1 amide bonds. The Labute approximate surface area is 132 Å². The van der Waals surface area contributed by atoms with E-state index in [1.165, 1.54) is 19.2 Å². The number of sulfonamides is 1. The minimum Gasteiger partial charge on any atom is -0.378 e. The summed E-state index contributed by atoms with van der Waals surface area (Å²) in [7, 11) is -2.26. The van der Waals surface area contributed by atoms with E-state index in [1.54, 1.807) is 17.0 Å². The van der Waals surface area contributed by atoms with Crippen molar-refractivity contribution in [1.29, 1.82) is 0 Å². The summed E-state index contributed by atoms with van der Waals surface area (Å²) < 4.78 is 31.8. The van der Waals surface area contributed by atoms with E-state index in [9.17, 15) is 13.2 Å². The van der Waals surface area contributed by atoms with Crippen molar-refractivity contribution in [2.24, 2.45) is 0 Å². The number of ether oxygens (including phenoxy) is 1. The van der Waals surface area contributed by atoms with Crippen LogP contribution in [0.2, 0.25) is 0 Å². The minimum absolute atomic E-state index is 0.161. The summed E-state index contributed by atoms with van der Waals surface area (Å²) in [6.45, 7) is 1.82. The molecule has 0 radical (unpaired) electrons. The molecule has 1 aliphatic rings. The van der Waals surface area contributed by atoms with Gasteiger partial charge in [-0.1, -0.05) is 22.0 Å². The molecule has 0 bridgehead atoms. The van der Waals surface area contributed by atoms with Gasteiger partial charge in [-0.2, -0.15) is 4.31 Å². The highest BCUT2D eigenvalue weighted by atomic mass is 79.9. The van der Waals surface area contributed by atoms with Gasteiger partial charge in [-0.3, -0.25) is 4.79 Å². The number of carbonyl (C=O) groups is 1. The van der Waals surface area contributed by atoms with Crippen LogP contribution in [0.15, 0.2) is 33.6 Å². The molecule has 0 N–H and O–H groups in total. The Hall–Kier alpha value is -0.960. The molecule has 0 aliphatic carbocycles. The Morgan fingerprint density at radius 1 is 1.38 bits per heavy atom. The first kappa shape index (κ1) is 16.4. The summed E-state index contributed by atoms with van der Waals surface area (Å²) in [5.74, 6) is -0.209. The van der Waals surface area contributed by atoms with E-state index in [0.717, 1.165) is 4.31 Å². The van der Waals surface area contributed by atoms with E-state index in [2.05, 4.69) is 15.9 Å². The molecule has 0 spiro atoms. The molecule has 0 aromatic heterocycles. The fourth-order valence-corrected chi connectivity index (χ4v) is 3.71. The first-order chi connectivity index (χ1) is 9.91. The summed E-state index contributed by atoms with van der Waals surface area (Å²) in [6, 6.07) is 6.42. The van der Waals surface area contributed by atoms with Crippen LogP contribution in [0.1, 0.15) is 0 Å². The molecule has 1 heterocycles. The number of rotatable bonds is 4. The van der Waals surface area contributed by atoms with Crippen LogP contribution in [0.4, 0.5) is 0 Å². The molecule has 6 nitrogen and oxygen atoms in total. The molecule has 0 unspecified atom stereocenters. The number of morpholine rings is 1. The minimum atomic E-state index is -3.67. The molecule has 2 rings (SSSR count). The molecule has 8 heteroatoms. The second-order valence-corrected chi connectivity index (χ2v) is 7.67. The van der Waals surface area contributed by atoms with Crippen molar-refractivity contribution in [1.82, 2.24) is 9.21 Å². The fourth-order valence-electron chi connectivity index (χ4n) is 2.00. The predicted molar refractivity (Wildman–Crippen MR) is 81.4 cm³/mol. The number of likely N-dealkylation sites (N-methyl/N-ethyl adjacent to an activating group) is 1. The molecule has 1 fully saturated rings. The van der Waals surface area contributed by atoms with Gasteiger partial charge in [0.05, 0.1) is 24.7 Å². The zero-order chi connectivity index (χ0) is 15.5. The molecule has 1 aromatic carbocycles. The number of halogens is 1. The van der Waals surface area contributed by atoms with Crippen molar-refractivity contribution in [2.75, 3.05) is 39.9 Å². The van der Waals surface area contributed by atoms with Crippen molar-refractivity contribution in [3.8, 4) is 0 Å². The number of carbonyl (C=O) groups excluding carboxylic acids is 1. The number of amides is 1. The van der Waals surface area contributed by atoms with Gasteiger partial charge in [0.15, 0.2) is 0 Å². The second kappa shape index (κ2) is 6.87. The number of benzene rings is 1. The van der Waals surface area contributed by atoms with Crippen molar-refractivity contribution in [2.45, 2.75) is 4.90 Å². The summed E-state index contributed by atoms with van der Waals surface area (Å²) in [5, 5.41) is 0. The van der Waals surface area contributed by atoms with Crippen LogP contribution in [-0.2, 0) is 19.6 Å². The smallest absolute Gasteiger partial charge is 0.243 e. The molecular formula is C13H17BrN2O4S. The first-order valence-corrected chi connectivity index (χ1v) is 8.72. The van der Waals surface area contributed by atoms with Crippen molar-refractivity contribution >= 4 is 31.9 Å². The average molecular weight is 377 g/mol. The third kappa shape index (κ3) is 4.03. The fraction of sp³-hybridized carbons (Fsp3) is 0.462. The van der Waals surface area contributed by atoms with Crippen LogP contribution in [-0.4, -0.2) is 63.4 Å². The third-order valence-electron chi connectivity index (χ3n) is 3.23. The van der Waals surface area contributed by atoms with Gasteiger partial charge in [0, 0.05) is 24.6 Å². The Balaban J connectivity index is 2.08. The lowest BCUT2D eigenvalue weighted by molar-refractivity contribution is -0.135. The van der Waals surface area contributed by atoms with E-state index >= 15 is 0 Å². The standard InChI is InChI=1S/C13H17BrN2O4S/c1-15(10-13(17)16-5-7-20-8-6-16)21(18,19)12-4-2-3-11(14)9-12/h2-4,9H,5-8,10H2,1H3. The number of nitrogens with zero attached hydrogens (tertiary/aromatic N) is 2. The second-order valence-electron chi connectivity index (χ2n) is 4.71. The topological polar surface area (TPSA) is 66.9 Å². The Morgan fingerprint density at radius 3 is 2.67 bits per heavy atom. The molecular weight excluding hydrogens is 360 g/mol. The molecule has 1 aliphatic heterocycles. The Bertz CT molecular complexity index is 614. The number of hydrogen-bond donors (Lipinski definition) is 0. The molecule has 1 saturated heterocycles. The lowest BCUT2D eigenvalue weighted by Crippen LogP contribution is -2.46. The Morgan fingerprint density at radius 2 is 2.05 bits per heavy atom. The van der Waals surface area contributed by atoms with Crippen molar-refractivity contribution in [3.05, 3.63) is 28.7 Å². The van der Waals surface area contributed by atoms with Crippen LogP contribution in [0.5, 0.6) is 0 Å². The Kier molecular flexibility index (Phi) is 5.37. The molecule has 1 aromatic rings. The van der Waals surface area contributed by atoms with E-state index in [4.69, 9.17) is 4.74 Å². The summed E-state index contributed by atoms with van der Waals surface area (Å²) in [5.41, 5.74) is 0. The van der Waals surface area contributed by atoms with Crippen molar-refractivity contribution < 1.29 is 17.9 Å².